The first kappa shape index (κ1) is 15.8. The van der Waals surface area contributed by atoms with Crippen LogP contribution in [0.2, 0.25) is 5.02 Å². The fourth-order valence-electron chi connectivity index (χ4n) is 2.28. The highest BCUT2D eigenvalue weighted by atomic mass is 35.5. The van der Waals surface area contributed by atoms with Gasteiger partial charge in [-0.15, -0.1) is 0 Å². The summed E-state index contributed by atoms with van der Waals surface area (Å²) in [5.74, 6) is -0.340. The van der Waals surface area contributed by atoms with Gasteiger partial charge in [-0.25, -0.2) is 0 Å². The maximum absolute atomic E-state index is 11.9. The van der Waals surface area contributed by atoms with Gasteiger partial charge >= 0.3 is 0 Å². The molecule has 5 heteroatoms. The molecule has 4 nitrogen and oxygen atoms in total. The minimum absolute atomic E-state index is 0.0112. The second-order valence-corrected chi connectivity index (χ2v) is 6.22. The topological polar surface area (TPSA) is 58.2 Å². The van der Waals surface area contributed by atoms with Crippen LogP contribution in [0, 0.1) is 11.8 Å². The van der Waals surface area contributed by atoms with Crippen LogP contribution in [0.5, 0.6) is 0 Å². The van der Waals surface area contributed by atoms with Gasteiger partial charge in [-0.1, -0.05) is 23.7 Å². The molecule has 2 unspecified atom stereocenters. The van der Waals surface area contributed by atoms with E-state index in [1.807, 2.05) is 38.1 Å². The summed E-state index contributed by atoms with van der Waals surface area (Å²) in [4.78, 5) is 23.7. The van der Waals surface area contributed by atoms with Crippen LogP contribution in [0.25, 0.3) is 0 Å². The van der Waals surface area contributed by atoms with Crippen molar-refractivity contribution >= 4 is 23.4 Å². The number of nitrogens with one attached hydrogen (secondary N) is 2. The predicted molar refractivity (Wildman–Crippen MR) is 83.0 cm³/mol. The van der Waals surface area contributed by atoms with E-state index in [0.717, 1.165) is 12.0 Å². The van der Waals surface area contributed by atoms with Crippen molar-refractivity contribution in [2.75, 3.05) is 6.54 Å². The van der Waals surface area contributed by atoms with Crippen molar-refractivity contribution in [1.82, 2.24) is 10.6 Å². The maximum Gasteiger partial charge on any atom is 0.224 e. The highest BCUT2D eigenvalue weighted by Crippen LogP contribution is 2.38. The highest BCUT2D eigenvalue weighted by Gasteiger charge is 2.47. The van der Waals surface area contributed by atoms with E-state index in [0.29, 0.717) is 18.0 Å². The van der Waals surface area contributed by atoms with Gasteiger partial charge in [0.2, 0.25) is 11.8 Å². The molecule has 1 saturated carbocycles. The van der Waals surface area contributed by atoms with Gasteiger partial charge in [0.05, 0.1) is 11.8 Å². The Balaban J connectivity index is 1.69. The fourth-order valence-corrected chi connectivity index (χ4v) is 2.40. The second-order valence-electron chi connectivity index (χ2n) is 5.78. The van der Waals surface area contributed by atoms with Gasteiger partial charge in [-0.05, 0) is 44.4 Å². The van der Waals surface area contributed by atoms with Crippen molar-refractivity contribution in [2.45, 2.75) is 32.7 Å². The number of hydrogen-bond acceptors (Lipinski definition) is 2. The first-order chi connectivity index (χ1) is 9.97. The van der Waals surface area contributed by atoms with E-state index >= 15 is 0 Å². The molecule has 2 amide bonds. The summed E-state index contributed by atoms with van der Waals surface area (Å²) in [5, 5.41) is 6.45. The number of halogens is 1. The Hall–Kier alpha value is -1.55. The molecule has 0 heterocycles. The Bertz CT molecular complexity index is 514. The molecule has 1 aromatic carbocycles. The number of carbonyl (C=O) groups is 2. The van der Waals surface area contributed by atoms with Crippen LogP contribution < -0.4 is 10.6 Å². The molecule has 0 saturated heterocycles. The van der Waals surface area contributed by atoms with Crippen molar-refractivity contribution < 1.29 is 9.59 Å². The monoisotopic (exact) mass is 308 g/mol. The molecule has 21 heavy (non-hydrogen) atoms. The van der Waals surface area contributed by atoms with E-state index in [4.69, 9.17) is 11.6 Å². The molecule has 114 valence electrons. The normalized spacial score (nSPS) is 20.2. The standard InChI is InChI=1S/C16H21ClN2O2/c1-10(2)19-16(21)14-9-13(14)15(20)18-8-7-11-3-5-12(17)6-4-11/h3-6,10,13-14H,7-9H2,1-2H3,(H,18,20)(H,19,21). The lowest BCUT2D eigenvalue weighted by Gasteiger charge is -2.08. The summed E-state index contributed by atoms with van der Waals surface area (Å²) >= 11 is 5.82. The lowest BCUT2D eigenvalue weighted by atomic mass is 10.1. The molecule has 2 N–H and O–H groups in total. The van der Waals surface area contributed by atoms with Crippen molar-refractivity contribution in [3.63, 3.8) is 0 Å². The summed E-state index contributed by atoms with van der Waals surface area (Å²) < 4.78 is 0. The number of carbonyl (C=O) groups excluding carboxylic acids is 2. The molecule has 2 atom stereocenters. The zero-order valence-corrected chi connectivity index (χ0v) is 13.1. The van der Waals surface area contributed by atoms with Gasteiger partial charge in [0.25, 0.3) is 0 Å². The Morgan fingerprint density at radius 1 is 1.19 bits per heavy atom. The highest BCUT2D eigenvalue weighted by molar-refractivity contribution is 6.30. The minimum Gasteiger partial charge on any atom is -0.356 e. The first-order valence-electron chi connectivity index (χ1n) is 7.30. The summed E-state index contributed by atoms with van der Waals surface area (Å²) in [6.45, 7) is 4.42. The third-order valence-corrected chi connectivity index (χ3v) is 3.77. The van der Waals surface area contributed by atoms with E-state index < -0.39 is 0 Å². The van der Waals surface area contributed by atoms with Crippen molar-refractivity contribution in [3.05, 3.63) is 34.9 Å². The van der Waals surface area contributed by atoms with Crippen molar-refractivity contribution in [1.29, 1.82) is 0 Å². The van der Waals surface area contributed by atoms with Crippen LogP contribution in [-0.2, 0) is 16.0 Å². The Labute approximate surface area is 130 Å². The Morgan fingerprint density at radius 3 is 2.43 bits per heavy atom. The number of benzene rings is 1. The maximum atomic E-state index is 11.9. The molecular weight excluding hydrogens is 288 g/mol. The van der Waals surface area contributed by atoms with E-state index in [2.05, 4.69) is 10.6 Å². The zero-order valence-electron chi connectivity index (χ0n) is 12.4. The SMILES string of the molecule is CC(C)NC(=O)C1CC1C(=O)NCCc1ccc(Cl)cc1. The molecule has 1 aliphatic carbocycles. The van der Waals surface area contributed by atoms with E-state index in [1.165, 1.54) is 0 Å². The molecule has 1 aromatic rings. The van der Waals surface area contributed by atoms with Gasteiger partial charge in [0.1, 0.15) is 0 Å². The minimum atomic E-state index is -0.158. The van der Waals surface area contributed by atoms with Gasteiger partial charge in [0, 0.05) is 17.6 Å². The molecule has 0 spiro atoms. The third-order valence-electron chi connectivity index (χ3n) is 3.52. The molecule has 0 radical (unpaired) electrons. The van der Waals surface area contributed by atoms with E-state index in [9.17, 15) is 9.59 Å². The van der Waals surface area contributed by atoms with Crippen LogP contribution >= 0.6 is 11.6 Å². The fraction of sp³-hybridized carbons (Fsp3) is 0.500. The van der Waals surface area contributed by atoms with Crippen LogP contribution in [0.1, 0.15) is 25.8 Å². The quantitative estimate of drug-likeness (QED) is 0.846. The smallest absolute Gasteiger partial charge is 0.224 e. The van der Waals surface area contributed by atoms with Gasteiger partial charge < -0.3 is 10.6 Å². The van der Waals surface area contributed by atoms with Crippen LogP contribution in [0.4, 0.5) is 0 Å². The molecule has 1 aliphatic rings. The van der Waals surface area contributed by atoms with Gasteiger partial charge in [-0.2, -0.15) is 0 Å². The molecule has 2 rings (SSSR count). The lowest BCUT2D eigenvalue weighted by Crippen LogP contribution is -2.34. The van der Waals surface area contributed by atoms with E-state index in [-0.39, 0.29) is 29.7 Å². The average molecular weight is 309 g/mol. The predicted octanol–water partition coefficient (Wildman–Crippen LogP) is 2.16. The first-order valence-corrected chi connectivity index (χ1v) is 7.67. The lowest BCUT2D eigenvalue weighted by molar-refractivity contribution is -0.127. The molecule has 0 aromatic heterocycles. The Morgan fingerprint density at radius 2 is 1.81 bits per heavy atom. The molecule has 0 aliphatic heterocycles. The Kier molecular flexibility index (Phi) is 5.23. The second kappa shape index (κ2) is 6.94. The zero-order chi connectivity index (χ0) is 15.4. The van der Waals surface area contributed by atoms with E-state index in [1.54, 1.807) is 0 Å². The largest absolute Gasteiger partial charge is 0.356 e. The van der Waals surface area contributed by atoms with Crippen LogP contribution in [-0.4, -0.2) is 24.4 Å². The number of hydrogen-bond donors (Lipinski definition) is 2. The average Bonchev–Trinajstić information content (AvgIpc) is 3.20. The summed E-state index contributed by atoms with van der Waals surface area (Å²) in [6.07, 6.45) is 1.42. The van der Waals surface area contributed by atoms with Crippen LogP contribution in [0.15, 0.2) is 24.3 Å². The van der Waals surface area contributed by atoms with Crippen molar-refractivity contribution in [3.8, 4) is 0 Å². The molecule has 1 fully saturated rings. The third kappa shape index (κ3) is 4.74. The summed E-state index contributed by atoms with van der Waals surface area (Å²) in [6, 6.07) is 7.69. The molecular formula is C16H21ClN2O2. The molecule has 0 bridgehead atoms. The van der Waals surface area contributed by atoms with Crippen LogP contribution in [0.3, 0.4) is 0 Å². The number of rotatable bonds is 6. The van der Waals surface area contributed by atoms with Gasteiger partial charge in [0.15, 0.2) is 0 Å². The van der Waals surface area contributed by atoms with Crippen molar-refractivity contribution in [2.24, 2.45) is 11.8 Å². The number of amides is 2. The summed E-state index contributed by atoms with van der Waals surface area (Å²) in [5.41, 5.74) is 1.13. The summed E-state index contributed by atoms with van der Waals surface area (Å²) in [7, 11) is 0. The van der Waals surface area contributed by atoms with Gasteiger partial charge in [-0.3, -0.25) is 9.59 Å².